The lowest BCUT2D eigenvalue weighted by molar-refractivity contribution is -0.116. The van der Waals surface area contributed by atoms with E-state index in [1.54, 1.807) is 12.1 Å². The van der Waals surface area contributed by atoms with E-state index in [2.05, 4.69) is 26.6 Å². The Bertz CT molecular complexity index is 911. The minimum atomic E-state index is -3.53. The van der Waals surface area contributed by atoms with Crippen molar-refractivity contribution in [2.45, 2.75) is 11.3 Å². The maximum Gasteiger partial charge on any atom is 0.251 e. The van der Waals surface area contributed by atoms with Crippen LogP contribution in [0.1, 0.15) is 16.8 Å². The molecule has 0 aromatic heterocycles. The van der Waals surface area contributed by atoms with Crippen LogP contribution in [-0.2, 0) is 14.8 Å². The van der Waals surface area contributed by atoms with Crippen LogP contribution in [0.4, 0.5) is 5.69 Å². The molecule has 0 atom stereocenters. The van der Waals surface area contributed by atoms with Gasteiger partial charge in [0.2, 0.25) is 15.9 Å². The van der Waals surface area contributed by atoms with Gasteiger partial charge in [-0.05, 0) is 48.5 Å². The van der Waals surface area contributed by atoms with E-state index < -0.39 is 10.0 Å². The van der Waals surface area contributed by atoms with Gasteiger partial charge in [-0.2, -0.15) is 0 Å². The summed E-state index contributed by atoms with van der Waals surface area (Å²) in [7, 11) is -0.655. The van der Waals surface area contributed by atoms with Gasteiger partial charge in [-0.15, -0.1) is 0 Å². The lowest BCUT2D eigenvalue weighted by Crippen LogP contribution is -2.27. The molecule has 9 heteroatoms. The van der Waals surface area contributed by atoms with Gasteiger partial charge in [0.1, 0.15) is 0 Å². The highest BCUT2D eigenvalue weighted by atomic mass is 79.9. The van der Waals surface area contributed by atoms with E-state index in [1.807, 2.05) is 12.1 Å². The van der Waals surface area contributed by atoms with Crippen molar-refractivity contribution in [1.82, 2.24) is 9.62 Å². The SMILES string of the molecule is CN(C)S(=O)(=O)c1ccc(C(=O)NCCC(=O)Nc2ccc(Br)cc2)cc1. The molecule has 0 aliphatic carbocycles. The lowest BCUT2D eigenvalue weighted by Gasteiger charge is -2.11. The van der Waals surface area contributed by atoms with Crippen molar-refractivity contribution in [1.29, 1.82) is 0 Å². The number of hydrogen-bond donors (Lipinski definition) is 2. The van der Waals surface area contributed by atoms with Crippen molar-refractivity contribution in [2.24, 2.45) is 0 Å². The van der Waals surface area contributed by atoms with Crippen molar-refractivity contribution in [3.8, 4) is 0 Å². The van der Waals surface area contributed by atoms with Gasteiger partial charge in [0.25, 0.3) is 5.91 Å². The van der Waals surface area contributed by atoms with Crippen LogP contribution in [-0.4, -0.2) is 45.2 Å². The summed E-state index contributed by atoms with van der Waals surface area (Å²) in [4.78, 5) is 24.1. The summed E-state index contributed by atoms with van der Waals surface area (Å²) in [5.74, 6) is -0.592. The van der Waals surface area contributed by atoms with Crippen molar-refractivity contribution in [2.75, 3.05) is 26.0 Å². The molecule has 2 N–H and O–H groups in total. The van der Waals surface area contributed by atoms with Gasteiger partial charge < -0.3 is 10.6 Å². The van der Waals surface area contributed by atoms with Crippen molar-refractivity contribution in [3.05, 3.63) is 58.6 Å². The van der Waals surface area contributed by atoms with Gasteiger partial charge in [0, 0.05) is 42.8 Å². The predicted octanol–water partition coefficient (Wildman–Crippen LogP) is 2.46. The van der Waals surface area contributed by atoms with E-state index in [-0.39, 0.29) is 29.7 Å². The minimum Gasteiger partial charge on any atom is -0.352 e. The number of benzene rings is 2. The molecular weight excluding hydrogens is 434 g/mol. The molecule has 0 fully saturated rings. The molecule has 144 valence electrons. The molecule has 0 saturated carbocycles. The molecule has 7 nitrogen and oxygen atoms in total. The van der Waals surface area contributed by atoms with Crippen LogP contribution in [0.25, 0.3) is 0 Å². The number of anilines is 1. The number of amides is 2. The first-order valence-electron chi connectivity index (χ1n) is 8.06. The van der Waals surface area contributed by atoms with Gasteiger partial charge in [-0.25, -0.2) is 12.7 Å². The smallest absolute Gasteiger partial charge is 0.251 e. The fourth-order valence-corrected chi connectivity index (χ4v) is 3.30. The molecule has 0 aliphatic rings. The number of carbonyl (C=O) groups excluding carboxylic acids is 2. The molecule has 0 heterocycles. The Hall–Kier alpha value is -2.23. The summed E-state index contributed by atoms with van der Waals surface area (Å²) < 4.78 is 26.0. The summed E-state index contributed by atoms with van der Waals surface area (Å²) in [6, 6.07) is 12.8. The van der Waals surface area contributed by atoms with E-state index in [1.165, 1.54) is 38.4 Å². The Labute approximate surface area is 166 Å². The van der Waals surface area contributed by atoms with Crippen molar-refractivity contribution in [3.63, 3.8) is 0 Å². The van der Waals surface area contributed by atoms with E-state index in [4.69, 9.17) is 0 Å². The van der Waals surface area contributed by atoms with Gasteiger partial charge in [-0.3, -0.25) is 9.59 Å². The third-order valence-corrected chi connectivity index (χ3v) is 6.02. The van der Waals surface area contributed by atoms with Crippen LogP contribution in [0.3, 0.4) is 0 Å². The highest BCUT2D eigenvalue weighted by Crippen LogP contribution is 2.15. The average molecular weight is 454 g/mol. The molecule has 0 spiro atoms. The number of sulfonamides is 1. The molecule has 0 radical (unpaired) electrons. The Morgan fingerprint density at radius 2 is 1.59 bits per heavy atom. The number of rotatable bonds is 7. The molecular formula is C18H20BrN3O4S. The summed E-state index contributed by atoms with van der Waals surface area (Å²) >= 11 is 3.32. The monoisotopic (exact) mass is 453 g/mol. The minimum absolute atomic E-state index is 0.109. The normalized spacial score (nSPS) is 11.3. The van der Waals surface area contributed by atoms with Crippen LogP contribution < -0.4 is 10.6 Å². The quantitative estimate of drug-likeness (QED) is 0.672. The maximum atomic E-state index is 12.1. The van der Waals surface area contributed by atoms with E-state index in [0.29, 0.717) is 11.3 Å². The molecule has 0 saturated heterocycles. The Morgan fingerprint density at radius 3 is 2.15 bits per heavy atom. The third-order valence-electron chi connectivity index (χ3n) is 3.66. The molecule has 2 amide bonds. The zero-order valence-corrected chi connectivity index (χ0v) is 17.3. The summed E-state index contributed by atoms with van der Waals surface area (Å²) in [5.41, 5.74) is 0.994. The molecule has 27 heavy (non-hydrogen) atoms. The van der Waals surface area contributed by atoms with Crippen LogP contribution in [0.15, 0.2) is 57.9 Å². The number of hydrogen-bond acceptors (Lipinski definition) is 4. The first kappa shape index (κ1) is 21.1. The fourth-order valence-electron chi connectivity index (χ4n) is 2.14. The first-order chi connectivity index (χ1) is 12.7. The standard InChI is InChI=1S/C18H20BrN3O4S/c1-22(2)27(25,26)16-9-3-13(4-10-16)18(24)20-12-11-17(23)21-15-7-5-14(19)6-8-15/h3-10H,11-12H2,1-2H3,(H,20,24)(H,21,23). The zero-order chi connectivity index (χ0) is 20.0. The van der Waals surface area contributed by atoms with E-state index in [9.17, 15) is 18.0 Å². The Morgan fingerprint density at radius 1 is 1.00 bits per heavy atom. The molecule has 2 rings (SSSR count). The number of nitrogens with one attached hydrogen (secondary N) is 2. The second-order valence-corrected chi connectivity index (χ2v) is 8.94. The molecule has 2 aromatic rings. The predicted molar refractivity (Wildman–Crippen MR) is 107 cm³/mol. The topological polar surface area (TPSA) is 95.6 Å². The largest absolute Gasteiger partial charge is 0.352 e. The maximum absolute atomic E-state index is 12.1. The zero-order valence-electron chi connectivity index (χ0n) is 14.9. The molecule has 0 aliphatic heterocycles. The van der Waals surface area contributed by atoms with Gasteiger partial charge in [0.05, 0.1) is 4.90 Å². The summed E-state index contributed by atoms with van der Waals surface area (Å²) in [6.45, 7) is 0.166. The Balaban J connectivity index is 1.85. The Kier molecular flexibility index (Phi) is 7.11. The van der Waals surface area contributed by atoms with Crippen molar-refractivity contribution < 1.29 is 18.0 Å². The van der Waals surface area contributed by atoms with Crippen LogP contribution in [0.2, 0.25) is 0 Å². The van der Waals surface area contributed by atoms with E-state index in [0.717, 1.165) is 8.78 Å². The average Bonchev–Trinajstić information content (AvgIpc) is 2.63. The van der Waals surface area contributed by atoms with Crippen molar-refractivity contribution >= 4 is 43.5 Å². The molecule has 0 bridgehead atoms. The number of nitrogens with zero attached hydrogens (tertiary/aromatic N) is 1. The fraction of sp³-hybridized carbons (Fsp3) is 0.222. The second kappa shape index (κ2) is 9.12. The second-order valence-electron chi connectivity index (χ2n) is 5.87. The van der Waals surface area contributed by atoms with E-state index >= 15 is 0 Å². The summed E-state index contributed by atoms with van der Waals surface area (Å²) in [6.07, 6.45) is 0.120. The lowest BCUT2D eigenvalue weighted by atomic mass is 10.2. The third kappa shape index (κ3) is 5.88. The van der Waals surface area contributed by atoms with Gasteiger partial charge in [-0.1, -0.05) is 15.9 Å². The molecule has 2 aromatic carbocycles. The summed E-state index contributed by atoms with van der Waals surface area (Å²) in [5, 5.41) is 5.37. The van der Waals surface area contributed by atoms with Crippen LogP contribution in [0.5, 0.6) is 0 Å². The van der Waals surface area contributed by atoms with Crippen LogP contribution >= 0.6 is 15.9 Å². The first-order valence-corrected chi connectivity index (χ1v) is 10.3. The van der Waals surface area contributed by atoms with Gasteiger partial charge >= 0.3 is 0 Å². The van der Waals surface area contributed by atoms with Crippen LogP contribution in [0, 0.1) is 0 Å². The highest BCUT2D eigenvalue weighted by Gasteiger charge is 2.17. The molecule has 0 unspecified atom stereocenters. The highest BCUT2D eigenvalue weighted by molar-refractivity contribution is 9.10. The van der Waals surface area contributed by atoms with Gasteiger partial charge in [0.15, 0.2) is 0 Å². The number of halogens is 1. The number of carbonyl (C=O) groups is 2.